The first-order valence-corrected chi connectivity index (χ1v) is 8.05. The molecule has 2 rings (SSSR count). The molecular formula is C18H29NO. The summed E-state index contributed by atoms with van der Waals surface area (Å²) in [5.41, 5.74) is 1.38. The van der Waals surface area contributed by atoms with Crippen LogP contribution < -0.4 is 10.1 Å². The molecule has 0 bridgehead atoms. The highest BCUT2D eigenvalue weighted by Gasteiger charge is 2.21. The van der Waals surface area contributed by atoms with E-state index in [2.05, 4.69) is 31.3 Å². The molecule has 0 saturated heterocycles. The maximum atomic E-state index is 5.20. The van der Waals surface area contributed by atoms with Crippen LogP contribution in [0.3, 0.4) is 0 Å². The van der Waals surface area contributed by atoms with Crippen molar-refractivity contribution in [2.24, 2.45) is 11.8 Å². The molecule has 0 aromatic heterocycles. The van der Waals surface area contributed by atoms with Crippen LogP contribution in [0.2, 0.25) is 0 Å². The molecule has 112 valence electrons. The van der Waals surface area contributed by atoms with Crippen LogP contribution in [0.15, 0.2) is 24.3 Å². The van der Waals surface area contributed by atoms with Gasteiger partial charge in [0, 0.05) is 6.04 Å². The van der Waals surface area contributed by atoms with E-state index in [0.717, 1.165) is 24.0 Å². The highest BCUT2D eigenvalue weighted by atomic mass is 16.5. The SMILES string of the molecule is COc1ccc(CC(C)NCC2CCCCC2C)cc1. The first-order valence-electron chi connectivity index (χ1n) is 8.05. The molecule has 20 heavy (non-hydrogen) atoms. The average Bonchev–Trinajstić information content (AvgIpc) is 2.47. The van der Waals surface area contributed by atoms with E-state index in [0.29, 0.717) is 6.04 Å². The Kier molecular flexibility index (Phi) is 5.90. The van der Waals surface area contributed by atoms with E-state index in [-0.39, 0.29) is 0 Å². The van der Waals surface area contributed by atoms with Crippen molar-refractivity contribution in [2.45, 2.75) is 52.0 Å². The predicted molar refractivity (Wildman–Crippen MR) is 85.3 cm³/mol. The largest absolute Gasteiger partial charge is 0.497 e. The summed E-state index contributed by atoms with van der Waals surface area (Å²) in [5.74, 6) is 2.71. The van der Waals surface area contributed by atoms with Crippen LogP contribution in [-0.2, 0) is 6.42 Å². The normalized spacial score (nSPS) is 24.4. The molecule has 3 unspecified atom stereocenters. The molecule has 2 nitrogen and oxygen atoms in total. The van der Waals surface area contributed by atoms with Crippen molar-refractivity contribution < 1.29 is 4.74 Å². The zero-order valence-corrected chi connectivity index (χ0v) is 13.2. The zero-order chi connectivity index (χ0) is 14.4. The van der Waals surface area contributed by atoms with Crippen molar-refractivity contribution in [3.8, 4) is 5.75 Å². The second kappa shape index (κ2) is 7.68. The Bertz CT molecular complexity index is 387. The Hall–Kier alpha value is -1.02. The van der Waals surface area contributed by atoms with Gasteiger partial charge in [-0.1, -0.05) is 38.3 Å². The molecule has 1 N–H and O–H groups in total. The van der Waals surface area contributed by atoms with Crippen LogP contribution >= 0.6 is 0 Å². The van der Waals surface area contributed by atoms with Crippen LogP contribution in [0.5, 0.6) is 5.75 Å². The van der Waals surface area contributed by atoms with Crippen LogP contribution in [0.4, 0.5) is 0 Å². The summed E-state index contributed by atoms with van der Waals surface area (Å²) < 4.78 is 5.20. The van der Waals surface area contributed by atoms with Crippen molar-refractivity contribution in [3.05, 3.63) is 29.8 Å². The third kappa shape index (κ3) is 4.52. The second-order valence-electron chi connectivity index (χ2n) is 6.38. The Morgan fingerprint density at radius 2 is 1.90 bits per heavy atom. The van der Waals surface area contributed by atoms with Gasteiger partial charge in [-0.05, 0) is 55.8 Å². The van der Waals surface area contributed by atoms with E-state index >= 15 is 0 Å². The van der Waals surface area contributed by atoms with E-state index in [1.165, 1.54) is 37.8 Å². The fraction of sp³-hybridized carbons (Fsp3) is 0.667. The third-order valence-electron chi connectivity index (χ3n) is 4.72. The number of rotatable bonds is 6. The first kappa shape index (κ1) is 15.4. The van der Waals surface area contributed by atoms with Gasteiger partial charge >= 0.3 is 0 Å². The van der Waals surface area contributed by atoms with E-state index in [1.54, 1.807) is 7.11 Å². The number of benzene rings is 1. The molecule has 0 spiro atoms. The molecule has 1 aromatic carbocycles. The van der Waals surface area contributed by atoms with Gasteiger partial charge in [0.15, 0.2) is 0 Å². The minimum Gasteiger partial charge on any atom is -0.497 e. The highest BCUT2D eigenvalue weighted by Crippen LogP contribution is 2.29. The fourth-order valence-electron chi connectivity index (χ4n) is 3.24. The molecule has 0 amide bonds. The lowest BCUT2D eigenvalue weighted by Gasteiger charge is -2.30. The van der Waals surface area contributed by atoms with E-state index in [4.69, 9.17) is 4.74 Å². The van der Waals surface area contributed by atoms with Gasteiger partial charge in [-0.25, -0.2) is 0 Å². The highest BCUT2D eigenvalue weighted by molar-refractivity contribution is 5.27. The molecule has 1 aliphatic rings. The fourth-order valence-corrected chi connectivity index (χ4v) is 3.24. The summed E-state index contributed by atoms with van der Waals surface area (Å²) in [7, 11) is 1.71. The minimum atomic E-state index is 0.539. The summed E-state index contributed by atoms with van der Waals surface area (Å²) in [6, 6.07) is 8.97. The smallest absolute Gasteiger partial charge is 0.118 e. The monoisotopic (exact) mass is 275 g/mol. The summed E-state index contributed by atoms with van der Waals surface area (Å²) in [6.07, 6.45) is 6.76. The minimum absolute atomic E-state index is 0.539. The van der Waals surface area contributed by atoms with Crippen molar-refractivity contribution in [3.63, 3.8) is 0 Å². The van der Waals surface area contributed by atoms with Crippen LogP contribution in [0.1, 0.15) is 45.1 Å². The Balaban J connectivity index is 1.75. The lowest BCUT2D eigenvalue weighted by atomic mass is 9.80. The van der Waals surface area contributed by atoms with E-state index in [1.807, 2.05) is 12.1 Å². The van der Waals surface area contributed by atoms with Gasteiger partial charge in [-0.15, -0.1) is 0 Å². The lowest BCUT2D eigenvalue weighted by molar-refractivity contribution is 0.242. The molecule has 1 fully saturated rings. The van der Waals surface area contributed by atoms with Gasteiger partial charge in [-0.3, -0.25) is 0 Å². The van der Waals surface area contributed by atoms with Gasteiger partial charge in [0.25, 0.3) is 0 Å². The summed E-state index contributed by atoms with van der Waals surface area (Å²) >= 11 is 0. The summed E-state index contributed by atoms with van der Waals surface area (Å²) in [5, 5.41) is 3.73. The molecule has 0 aliphatic heterocycles. The summed E-state index contributed by atoms with van der Waals surface area (Å²) in [4.78, 5) is 0. The van der Waals surface area contributed by atoms with E-state index < -0.39 is 0 Å². The maximum Gasteiger partial charge on any atom is 0.118 e. The van der Waals surface area contributed by atoms with Gasteiger partial charge in [0.05, 0.1) is 7.11 Å². The summed E-state index contributed by atoms with van der Waals surface area (Å²) in [6.45, 7) is 5.88. The average molecular weight is 275 g/mol. The van der Waals surface area contributed by atoms with Crippen LogP contribution in [0.25, 0.3) is 0 Å². The molecule has 1 saturated carbocycles. The predicted octanol–water partition coefficient (Wildman–Crippen LogP) is 4.04. The second-order valence-corrected chi connectivity index (χ2v) is 6.38. The molecule has 1 aromatic rings. The van der Waals surface area contributed by atoms with Gasteiger partial charge in [0.1, 0.15) is 5.75 Å². The quantitative estimate of drug-likeness (QED) is 0.846. The van der Waals surface area contributed by atoms with Crippen molar-refractivity contribution in [1.29, 1.82) is 0 Å². The van der Waals surface area contributed by atoms with Crippen LogP contribution in [0, 0.1) is 11.8 Å². The number of nitrogens with one attached hydrogen (secondary N) is 1. The Morgan fingerprint density at radius 1 is 1.20 bits per heavy atom. The Labute approximate surface area is 123 Å². The number of hydrogen-bond donors (Lipinski definition) is 1. The van der Waals surface area contributed by atoms with Gasteiger partial charge in [0.2, 0.25) is 0 Å². The molecule has 1 aliphatic carbocycles. The maximum absolute atomic E-state index is 5.20. The molecule has 0 radical (unpaired) electrons. The molecule has 3 atom stereocenters. The molecule has 2 heteroatoms. The topological polar surface area (TPSA) is 21.3 Å². The molecular weight excluding hydrogens is 246 g/mol. The van der Waals surface area contributed by atoms with Crippen molar-refractivity contribution >= 4 is 0 Å². The van der Waals surface area contributed by atoms with Crippen LogP contribution in [-0.4, -0.2) is 19.7 Å². The number of methoxy groups -OCH3 is 1. The van der Waals surface area contributed by atoms with Gasteiger partial charge < -0.3 is 10.1 Å². The number of hydrogen-bond acceptors (Lipinski definition) is 2. The first-order chi connectivity index (χ1) is 9.69. The number of ether oxygens (including phenoxy) is 1. The van der Waals surface area contributed by atoms with Crippen molar-refractivity contribution in [1.82, 2.24) is 5.32 Å². The Morgan fingerprint density at radius 3 is 2.55 bits per heavy atom. The van der Waals surface area contributed by atoms with Gasteiger partial charge in [-0.2, -0.15) is 0 Å². The molecule has 0 heterocycles. The van der Waals surface area contributed by atoms with Crippen molar-refractivity contribution in [2.75, 3.05) is 13.7 Å². The zero-order valence-electron chi connectivity index (χ0n) is 13.2. The standard InChI is InChI=1S/C18H29NO/c1-14-6-4-5-7-17(14)13-19-15(2)12-16-8-10-18(20-3)11-9-16/h8-11,14-15,17,19H,4-7,12-13H2,1-3H3. The van der Waals surface area contributed by atoms with E-state index in [9.17, 15) is 0 Å². The third-order valence-corrected chi connectivity index (χ3v) is 4.72. The lowest BCUT2D eigenvalue weighted by Crippen LogP contribution is -2.35.